The van der Waals surface area contributed by atoms with E-state index in [1.807, 2.05) is 25.3 Å². The highest BCUT2D eigenvalue weighted by atomic mass is 79.9. The van der Waals surface area contributed by atoms with Crippen molar-refractivity contribution < 1.29 is 10.0 Å². The second kappa shape index (κ2) is 7.08. The summed E-state index contributed by atoms with van der Waals surface area (Å²) in [6, 6.07) is 1.98. The Morgan fingerprint density at radius 1 is 1.55 bits per heavy atom. The second-order valence-corrected chi connectivity index (χ2v) is 6.58. The van der Waals surface area contributed by atoms with Gasteiger partial charge in [-0.2, -0.15) is 0 Å². The predicted octanol–water partition coefficient (Wildman–Crippen LogP) is 3.02. The minimum atomic E-state index is -0.933. The zero-order valence-electron chi connectivity index (χ0n) is 11.9. The average molecular weight is 362 g/mol. The second-order valence-electron chi connectivity index (χ2n) is 4.67. The number of hydrogen-bond donors (Lipinski definition) is 2. The van der Waals surface area contributed by atoms with Gasteiger partial charge in [-0.05, 0) is 34.8 Å². The largest absolute Gasteiger partial charge is 0.409 e. The van der Waals surface area contributed by atoms with Gasteiger partial charge in [0.25, 0.3) is 0 Å². The molecule has 0 aliphatic rings. The maximum atomic E-state index is 12.7. The molecule has 1 aromatic heterocycles. The molecule has 112 valence electrons. The van der Waals surface area contributed by atoms with Gasteiger partial charge in [-0.15, -0.1) is 11.3 Å². The molecule has 0 saturated heterocycles. The number of thiophene rings is 1. The summed E-state index contributed by atoms with van der Waals surface area (Å²) in [4.78, 5) is 15.4. The monoisotopic (exact) mass is 361 g/mol. The van der Waals surface area contributed by atoms with E-state index in [4.69, 9.17) is 10.9 Å². The van der Waals surface area contributed by atoms with Crippen LogP contribution >= 0.6 is 27.3 Å². The number of hydrogen-bond acceptors (Lipinski definition) is 4. The Balaban J connectivity index is 2.95. The minimum Gasteiger partial charge on any atom is -0.409 e. The normalized spacial score (nSPS) is 12.5. The molecule has 0 radical (unpaired) electrons. The number of oxime groups is 1. The topological polar surface area (TPSA) is 78.9 Å². The first-order valence-electron chi connectivity index (χ1n) is 6.37. The van der Waals surface area contributed by atoms with Crippen LogP contribution < -0.4 is 5.73 Å². The number of nitrogens with zero attached hydrogens (tertiary/aromatic N) is 2. The Morgan fingerprint density at radius 2 is 2.15 bits per heavy atom. The highest BCUT2D eigenvalue weighted by Crippen LogP contribution is 2.30. The predicted molar refractivity (Wildman–Crippen MR) is 84.9 cm³/mol. The van der Waals surface area contributed by atoms with E-state index >= 15 is 0 Å². The summed E-state index contributed by atoms with van der Waals surface area (Å²) in [6.07, 6.45) is 0.993. The zero-order chi connectivity index (χ0) is 15.3. The van der Waals surface area contributed by atoms with Crippen molar-refractivity contribution >= 4 is 39.0 Å². The molecule has 0 spiro atoms. The molecule has 1 amide bonds. The highest BCUT2D eigenvalue weighted by molar-refractivity contribution is 9.10. The number of carbonyl (C=O) groups is 1. The SMILES string of the molecule is CCC(CC)(C(=O)N(C)Cc1cc(Br)cs1)C(N)=NO. The third kappa shape index (κ3) is 3.32. The van der Waals surface area contributed by atoms with E-state index in [2.05, 4.69) is 21.1 Å². The number of amides is 1. The quantitative estimate of drug-likeness (QED) is 0.353. The average Bonchev–Trinajstić information content (AvgIpc) is 2.85. The fraction of sp³-hybridized carbons (Fsp3) is 0.538. The van der Waals surface area contributed by atoms with Crippen molar-refractivity contribution in [3.05, 3.63) is 20.8 Å². The van der Waals surface area contributed by atoms with Gasteiger partial charge in [-0.25, -0.2) is 0 Å². The van der Waals surface area contributed by atoms with Crippen LogP contribution in [0.15, 0.2) is 21.1 Å². The van der Waals surface area contributed by atoms with Crippen LogP contribution in [0.4, 0.5) is 0 Å². The number of halogens is 1. The third-order valence-corrected chi connectivity index (χ3v) is 5.26. The van der Waals surface area contributed by atoms with Crippen LogP contribution in [0.3, 0.4) is 0 Å². The number of nitrogens with two attached hydrogens (primary N) is 1. The van der Waals surface area contributed by atoms with E-state index in [9.17, 15) is 4.79 Å². The van der Waals surface area contributed by atoms with E-state index in [0.29, 0.717) is 19.4 Å². The molecule has 0 unspecified atom stereocenters. The molecule has 0 aromatic carbocycles. The van der Waals surface area contributed by atoms with E-state index in [-0.39, 0.29) is 11.7 Å². The Bertz CT molecular complexity index is 498. The van der Waals surface area contributed by atoms with Crippen molar-refractivity contribution in [2.45, 2.75) is 33.2 Å². The number of carbonyl (C=O) groups excluding carboxylic acids is 1. The molecule has 0 saturated carbocycles. The van der Waals surface area contributed by atoms with Crippen molar-refractivity contribution in [2.24, 2.45) is 16.3 Å². The van der Waals surface area contributed by atoms with Crippen molar-refractivity contribution in [1.29, 1.82) is 0 Å². The molecule has 0 aliphatic heterocycles. The molecule has 0 bridgehead atoms. The van der Waals surface area contributed by atoms with Crippen molar-refractivity contribution in [3.8, 4) is 0 Å². The van der Waals surface area contributed by atoms with Gasteiger partial charge >= 0.3 is 0 Å². The van der Waals surface area contributed by atoms with E-state index in [1.54, 1.807) is 23.3 Å². The fourth-order valence-corrected chi connectivity index (χ4v) is 3.73. The number of amidine groups is 1. The summed E-state index contributed by atoms with van der Waals surface area (Å²) in [5.74, 6) is -0.144. The van der Waals surface area contributed by atoms with Gasteiger partial charge < -0.3 is 15.8 Å². The molecule has 1 heterocycles. The summed E-state index contributed by atoms with van der Waals surface area (Å²) in [7, 11) is 1.74. The molecule has 3 N–H and O–H groups in total. The van der Waals surface area contributed by atoms with Crippen LogP contribution in [0.2, 0.25) is 0 Å². The van der Waals surface area contributed by atoms with Crippen LogP contribution in [0, 0.1) is 5.41 Å². The summed E-state index contributed by atoms with van der Waals surface area (Å²) in [5, 5.41) is 14.0. The van der Waals surface area contributed by atoms with Gasteiger partial charge in [-0.3, -0.25) is 4.79 Å². The van der Waals surface area contributed by atoms with Crippen molar-refractivity contribution in [2.75, 3.05) is 7.05 Å². The van der Waals surface area contributed by atoms with Crippen LogP contribution in [0.25, 0.3) is 0 Å². The van der Waals surface area contributed by atoms with E-state index in [0.717, 1.165) is 9.35 Å². The van der Waals surface area contributed by atoms with Gasteiger partial charge in [0, 0.05) is 21.8 Å². The highest BCUT2D eigenvalue weighted by Gasteiger charge is 2.41. The Labute approximate surface area is 131 Å². The lowest BCUT2D eigenvalue weighted by molar-refractivity contribution is -0.138. The first-order chi connectivity index (χ1) is 9.41. The molecular weight excluding hydrogens is 342 g/mol. The molecule has 5 nitrogen and oxygen atoms in total. The lowest BCUT2D eigenvalue weighted by atomic mass is 9.79. The smallest absolute Gasteiger partial charge is 0.236 e. The third-order valence-electron chi connectivity index (χ3n) is 3.58. The van der Waals surface area contributed by atoms with E-state index in [1.165, 1.54) is 0 Å². The zero-order valence-corrected chi connectivity index (χ0v) is 14.3. The van der Waals surface area contributed by atoms with Gasteiger partial charge in [0.05, 0.1) is 6.54 Å². The Morgan fingerprint density at radius 3 is 2.55 bits per heavy atom. The fourth-order valence-electron chi connectivity index (χ4n) is 2.23. The first-order valence-corrected chi connectivity index (χ1v) is 8.05. The maximum absolute atomic E-state index is 12.7. The van der Waals surface area contributed by atoms with Crippen LogP contribution in [-0.2, 0) is 11.3 Å². The standard InChI is InChI=1S/C13H20BrN3O2S/c1-4-13(5-2,11(15)16-19)12(18)17(3)7-10-6-9(14)8-20-10/h6,8,19H,4-5,7H2,1-3H3,(H2,15,16). The molecule has 1 aromatic rings. The van der Waals surface area contributed by atoms with Crippen molar-refractivity contribution in [3.63, 3.8) is 0 Å². The summed E-state index contributed by atoms with van der Waals surface area (Å²) >= 11 is 4.98. The van der Waals surface area contributed by atoms with Crippen LogP contribution in [0.5, 0.6) is 0 Å². The molecule has 7 heteroatoms. The molecule has 0 atom stereocenters. The van der Waals surface area contributed by atoms with Crippen LogP contribution in [0.1, 0.15) is 31.6 Å². The molecule has 0 fully saturated rings. The van der Waals surface area contributed by atoms with Gasteiger partial charge in [-0.1, -0.05) is 19.0 Å². The minimum absolute atomic E-state index is 0.0216. The lowest BCUT2D eigenvalue weighted by Gasteiger charge is -2.33. The Hall–Kier alpha value is -1.08. The molecule has 0 aliphatic carbocycles. The maximum Gasteiger partial charge on any atom is 0.236 e. The Kier molecular flexibility index (Phi) is 6.01. The van der Waals surface area contributed by atoms with Crippen molar-refractivity contribution in [1.82, 2.24) is 4.90 Å². The van der Waals surface area contributed by atoms with Gasteiger partial charge in [0.15, 0.2) is 5.84 Å². The lowest BCUT2D eigenvalue weighted by Crippen LogP contribution is -2.49. The van der Waals surface area contributed by atoms with Crippen LogP contribution in [-0.4, -0.2) is 28.9 Å². The van der Waals surface area contributed by atoms with Gasteiger partial charge in [0.2, 0.25) is 5.91 Å². The number of rotatable bonds is 6. The first kappa shape index (κ1) is 17.0. The summed E-state index contributed by atoms with van der Waals surface area (Å²) in [5.41, 5.74) is 4.82. The summed E-state index contributed by atoms with van der Waals surface area (Å²) in [6.45, 7) is 4.25. The van der Waals surface area contributed by atoms with E-state index < -0.39 is 5.41 Å². The van der Waals surface area contributed by atoms with Gasteiger partial charge in [0.1, 0.15) is 5.41 Å². The molecule has 20 heavy (non-hydrogen) atoms. The summed E-state index contributed by atoms with van der Waals surface area (Å²) < 4.78 is 1.01. The molecule has 1 rings (SSSR count). The molecular formula is C13H20BrN3O2S.